The van der Waals surface area contributed by atoms with Crippen molar-refractivity contribution in [1.29, 1.82) is 0 Å². The third-order valence-corrected chi connectivity index (χ3v) is 1.47. The smallest absolute Gasteiger partial charge is 0.203 e. The summed E-state index contributed by atoms with van der Waals surface area (Å²) < 4.78 is 9.63. The van der Waals surface area contributed by atoms with E-state index in [9.17, 15) is 4.57 Å². The van der Waals surface area contributed by atoms with Crippen LogP contribution < -0.4 is 0 Å². The van der Waals surface area contributed by atoms with Gasteiger partial charge in [0.2, 0.25) is 7.66 Å². The summed E-state index contributed by atoms with van der Waals surface area (Å²) in [5.74, 6) is 0. The van der Waals surface area contributed by atoms with Gasteiger partial charge >= 0.3 is 0 Å². The second kappa shape index (κ2) is 2.67. The molecule has 0 aromatic heterocycles. The highest BCUT2D eigenvalue weighted by molar-refractivity contribution is 8.57. The second-order valence-electron chi connectivity index (χ2n) is 0.929. The minimum atomic E-state index is -0.182. The molecule has 0 aliphatic carbocycles. The minimum absolute atomic E-state index is 0.182. The first-order valence-electron chi connectivity index (χ1n) is 1.28. The number of hydrogen-bond donors (Lipinski definition) is 1. The van der Waals surface area contributed by atoms with E-state index >= 15 is 0 Å². The highest BCUT2D eigenvalue weighted by atomic mass is 32.7. The van der Waals surface area contributed by atoms with E-state index in [0.29, 0.717) is 7.66 Å². The summed E-state index contributed by atoms with van der Waals surface area (Å²) in [5.41, 5.74) is 0. The summed E-state index contributed by atoms with van der Waals surface area (Å²) in [6.45, 7) is 0. The largest absolute Gasteiger partial charge is 0.264 e. The molecule has 32 valence electrons. The van der Waals surface area contributed by atoms with Gasteiger partial charge in [-0.2, -0.15) is 10.5 Å². The third kappa shape index (κ3) is 4.45. The summed E-state index contributed by atoms with van der Waals surface area (Å²) in [4.78, 5) is 0. The molecule has 0 aliphatic heterocycles. The Labute approximate surface area is 36.1 Å². The van der Waals surface area contributed by atoms with Crippen LogP contribution in [0.4, 0.5) is 0 Å². The summed E-state index contributed by atoms with van der Waals surface area (Å²) >= 11 is 0. The van der Waals surface area contributed by atoms with E-state index < -0.39 is 0 Å². The van der Waals surface area contributed by atoms with Gasteiger partial charge in [-0.05, 0) is 12.5 Å². The van der Waals surface area contributed by atoms with Crippen LogP contribution in [0.15, 0.2) is 0 Å². The Balaban J connectivity index is 2.83. The Kier molecular flexibility index (Phi) is 2.92. The lowest BCUT2D eigenvalue weighted by Gasteiger charge is -1.85. The standard InChI is InChI=1S/C2H7OPS/c1-5(2)4-3/h5H,1-2H3. The van der Waals surface area contributed by atoms with Gasteiger partial charge in [0.05, 0.1) is 0 Å². The third-order valence-electron chi connectivity index (χ3n) is 0.163. The van der Waals surface area contributed by atoms with Gasteiger partial charge in [0, 0.05) is 0 Å². The van der Waals surface area contributed by atoms with Gasteiger partial charge in [-0.3, -0.25) is 4.57 Å². The Bertz CT molecular complexity index is 36.6. The molecule has 0 aliphatic rings. The van der Waals surface area contributed by atoms with E-state index in [0.717, 1.165) is 0 Å². The monoisotopic (exact) mass is 110 g/mol. The van der Waals surface area contributed by atoms with Crippen LogP contribution in [0.2, 0.25) is 0 Å². The second-order valence-corrected chi connectivity index (χ2v) is 5.68. The fourth-order valence-electron chi connectivity index (χ4n) is 0. The van der Waals surface area contributed by atoms with Crippen LogP contribution in [-0.4, -0.2) is 12.5 Å². The summed E-state index contributed by atoms with van der Waals surface area (Å²) in [5, 5.41) is 0. The maximum atomic E-state index is 9.63. The van der Waals surface area contributed by atoms with Crippen molar-refractivity contribution in [1.82, 2.24) is 0 Å². The van der Waals surface area contributed by atoms with Crippen LogP contribution in [0.25, 0.3) is 0 Å². The number of hydrogen-bond acceptors (Lipinski definition) is 1. The van der Waals surface area contributed by atoms with Crippen molar-refractivity contribution in [2.75, 3.05) is 12.5 Å². The van der Waals surface area contributed by atoms with Crippen LogP contribution in [0.3, 0.4) is 0 Å². The molecule has 5 heavy (non-hydrogen) atoms. The Hall–Kier alpha value is 0.450. The Morgan fingerprint density at radius 2 is 1.80 bits per heavy atom. The zero-order valence-electron chi connectivity index (χ0n) is 3.30. The van der Waals surface area contributed by atoms with Crippen molar-refractivity contribution in [2.45, 2.75) is 0 Å². The molecule has 0 bridgehead atoms. The van der Waals surface area contributed by atoms with E-state index in [4.69, 9.17) is 0 Å². The molecular formula is C2H7OPS. The minimum Gasteiger partial charge on any atom is -0.264 e. The van der Waals surface area contributed by atoms with E-state index in [1.165, 1.54) is 0 Å². The van der Waals surface area contributed by atoms with E-state index in [-0.39, 0.29) is 10.5 Å². The molecule has 3 heteroatoms. The van der Waals surface area contributed by atoms with E-state index in [1.807, 2.05) is 12.5 Å². The molecule has 0 amide bonds. The van der Waals surface area contributed by atoms with Crippen LogP contribution in [0.5, 0.6) is 0 Å². The average Bonchev–Trinajstić information content (AvgIpc) is 1.38. The molecule has 1 nitrogen and oxygen atoms in total. The van der Waals surface area contributed by atoms with Crippen molar-refractivity contribution >= 4 is 18.2 Å². The lowest BCUT2D eigenvalue weighted by Crippen LogP contribution is -1.46. The van der Waals surface area contributed by atoms with Crippen LogP contribution in [0, 0.1) is 0 Å². The lowest BCUT2D eigenvalue weighted by molar-refractivity contribution is 0.605. The molecule has 0 rings (SSSR count). The molecule has 0 heterocycles. The molecule has 0 N–H and O–H groups in total. The van der Waals surface area contributed by atoms with Gasteiger partial charge < -0.3 is 0 Å². The first-order chi connectivity index (χ1) is 2.27. The van der Waals surface area contributed by atoms with Gasteiger partial charge in [0.25, 0.3) is 0 Å². The van der Waals surface area contributed by atoms with E-state index in [2.05, 4.69) is 0 Å². The lowest BCUT2D eigenvalue weighted by atomic mass is 11.9. The van der Waals surface area contributed by atoms with Gasteiger partial charge in [-0.15, -0.1) is 0 Å². The summed E-state index contributed by atoms with van der Waals surface area (Å²) in [6, 6.07) is 0. The molecule has 0 unspecified atom stereocenters. The SMILES string of the molecule is C[SH](C)P=O. The topological polar surface area (TPSA) is 17.1 Å². The maximum absolute atomic E-state index is 9.63. The average molecular weight is 110 g/mol. The number of thiol groups is 1. The molecule has 0 saturated carbocycles. The highest BCUT2D eigenvalue weighted by Crippen LogP contribution is 2.28. The quantitative estimate of drug-likeness (QED) is 0.399. The van der Waals surface area contributed by atoms with Gasteiger partial charge in [0.15, 0.2) is 0 Å². The van der Waals surface area contributed by atoms with Crippen LogP contribution in [0.1, 0.15) is 0 Å². The molecule has 0 radical (unpaired) electrons. The van der Waals surface area contributed by atoms with Crippen LogP contribution >= 0.6 is 18.2 Å². The molecule has 0 aromatic rings. The molecule has 0 atom stereocenters. The van der Waals surface area contributed by atoms with Gasteiger partial charge in [-0.1, -0.05) is 0 Å². The molecule has 0 fully saturated rings. The van der Waals surface area contributed by atoms with Crippen LogP contribution in [-0.2, 0) is 4.57 Å². The predicted molar refractivity (Wildman–Crippen MR) is 28.4 cm³/mol. The summed E-state index contributed by atoms with van der Waals surface area (Å²) in [6.07, 6.45) is 3.92. The molecule has 0 saturated heterocycles. The first-order valence-corrected chi connectivity index (χ1v) is 5.03. The zero-order valence-corrected chi connectivity index (χ0v) is 5.09. The predicted octanol–water partition coefficient (Wildman–Crippen LogP) is 1.45. The van der Waals surface area contributed by atoms with Crippen molar-refractivity contribution in [3.8, 4) is 0 Å². The molecule has 0 spiro atoms. The fraction of sp³-hybridized carbons (Fsp3) is 1.00. The van der Waals surface area contributed by atoms with Crippen molar-refractivity contribution in [2.24, 2.45) is 0 Å². The molecular weight excluding hydrogens is 103 g/mol. The maximum Gasteiger partial charge on any atom is 0.203 e. The fourth-order valence-corrected chi connectivity index (χ4v) is 0. The van der Waals surface area contributed by atoms with Crippen molar-refractivity contribution in [3.63, 3.8) is 0 Å². The Morgan fingerprint density at radius 3 is 1.80 bits per heavy atom. The van der Waals surface area contributed by atoms with Crippen molar-refractivity contribution in [3.05, 3.63) is 0 Å². The first kappa shape index (κ1) is 5.45. The summed E-state index contributed by atoms with van der Waals surface area (Å²) in [7, 11) is 0.130. The van der Waals surface area contributed by atoms with E-state index in [1.54, 1.807) is 0 Å². The van der Waals surface area contributed by atoms with Crippen molar-refractivity contribution < 1.29 is 4.57 Å². The zero-order chi connectivity index (χ0) is 4.28. The molecule has 0 aromatic carbocycles. The Morgan fingerprint density at radius 1 is 1.60 bits per heavy atom. The number of rotatable bonds is 1. The normalized spacial score (nSPS) is 12.0. The van der Waals surface area contributed by atoms with Gasteiger partial charge in [-0.25, -0.2) is 0 Å². The van der Waals surface area contributed by atoms with Gasteiger partial charge in [0.1, 0.15) is 0 Å². The highest BCUT2D eigenvalue weighted by Gasteiger charge is 1.74.